The predicted molar refractivity (Wildman–Crippen MR) is 20.5 cm³/mol. The van der Waals surface area contributed by atoms with Crippen molar-refractivity contribution in [2.75, 3.05) is 13.2 Å². The molecule has 1 rings (SSSR count). The number of carbonyl (C=O) groups is 1. The molecule has 3 nitrogen and oxygen atoms in total. The molecule has 0 saturated carbocycles. The summed E-state index contributed by atoms with van der Waals surface area (Å²) in [5.41, 5.74) is 0. The average molecular weight is 95.0 g/mol. The molecule has 0 aliphatic carbocycles. The maximum Gasteiger partial charge on any atom is 1.00 e. The van der Waals surface area contributed by atoms with E-state index >= 15 is 0 Å². The third kappa shape index (κ3) is 1.86. The van der Waals surface area contributed by atoms with Gasteiger partial charge >= 0.3 is 25.0 Å². The van der Waals surface area contributed by atoms with Crippen LogP contribution in [0.1, 0.15) is 1.43 Å². The molecule has 0 atom stereocenters. The summed E-state index contributed by atoms with van der Waals surface area (Å²) in [6, 6.07) is 0. The Morgan fingerprint density at radius 2 is 2.57 bits per heavy atom. The van der Waals surface area contributed by atoms with Gasteiger partial charge in [0, 0.05) is 0 Å². The Bertz CT molecular complexity index is 71.7. The van der Waals surface area contributed by atoms with E-state index in [-0.39, 0.29) is 26.4 Å². The zero-order chi connectivity index (χ0) is 4.41. The van der Waals surface area contributed by atoms with Gasteiger partial charge in [-0.2, -0.15) is 0 Å². The van der Waals surface area contributed by atoms with Crippen LogP contribution in [0.3, 0.4) is 0 Å². The van der Waals surface area contributed by atoms with Gasteiger partial charge in [-0.15, -0.1) is 0 Å². The third-order valence-electron chi connectivity index (χ3n) is 0.605. The summed E-state index contributed by atoms with van der Waals surface area (Å²) in [4.78, 5) is 9.91. The van der Waals surface area contributed by atoms with Gasteiger partial charge in [0.1, 0.15) is 6.61 Å². The van der Waals surface area contributed by atoms with Crippen molar-refractivity contribution in [1.29, 1.82) is 0 Å². The zero-order valence-electron chi connectivity index (χ0n) is 5.23. The van der Waals surface area contributed by atoms with Gasteiger partial charge in [-0.1, -0.05) is 0 Å². The van der Waals surface area contributed by atoms with E-state index in [1.165, 1.54) is 0 Å². The number of hydrogen-bond acceptors (Lipinski definition) is 2. The first-order valence-corrected chi connectivity index (χ1v) is 1.80. The second-order valence-corrected chi connectivity index (χ2v) is 1.06. The van der Waals surface area contributed by atoms with E-state index in [0.717, 1.165) is 0 Å². The van der Waals surface area contributed by atoms with E-state index in [1.807, 2.05) is 0 Å². The van der Waals surface area contributed by atoms with Gasteiger partial charge in [0.05, 0.1) is 6.54 Å². The third-order valence-corrected chi connectivity index (χ3v) is 0.605. The number of rotatable bonds is 0. The molecular formula is C3H6LiNO2. The molecule has 0 radical (unpaired) electrons. The topological polar surface area (TPSA) is 38.3 Å². The second-order valence-electron chi connectivity index (χ2n) is 1.06. The molecule has 4 heteroatoms. The molecule has 1 N–H and O–H groups in total. The maximum absolute atomic E-state index is 9.91. The van der Waals surface area contributed by atoms with Gasteiger partial charge in [0.2, 0.25) is 0 Å². The van der Waals surface area contributed by atoms with Gasteiger partial charge in [0.15, 0.2) is 0 Å². The zero-order valence-corrected chi connectivity index (χ0v) is 4.23. The molecule has 0 spiro atoms. The van der Waals surface area contributed by atoms with E-state index in [1.54, 1.807) is 0 Å². The molecule has 1 amide bonds. The van der Waals surface area contributed by atoms with Crippen LogP contribution in [0.15, 0.2) is 0 Å². The number of alkyl carbamates (subject to hydrolysis) is 1. The minimum absolute atomic E-state index is 0. The van der Waals surface area contributed by atoms with Gasteiger partial charge in [-0.05, 0) is 0 Å². The molecule has 1 aliphatic heterocycles. The fraction of sp³-hybridized carbons (Fsp3) is 0.667. The van der Waals surface area contributed by atoms with Crippen molar-refractivity contribution >= 4 is 6.09 Å². The van der Waals surface area contributed by atoms with Crippen LogP contribution < -0.4 is 24.2 Å². The van der Waals surface area contributed by atoms with Gasteiger partial charge in [-0.3, -0.25) is 0 Å². The molecule has 0 unspecified atom stereocenters. The summed E-state index contributed by atoms with van der Waals surface area (Å²) in [5.74, 6) is 0. The minimum Gasteiger partial charge on any atom is -1.00 e. The van der Waals surface area contributed by atoms with Gasteiger partial charge in [-0.25, -0.2) is 4.79 Å². The average Bonchev–Trinajstić information content (AvgIpc) is 1.86. The Morgan fingerprint density at radius 3 is 2.71 bits per heavy atom. The van der Waals surface area contributed by atoms with E-state index in [4.69, 9.17) is 0 Å². The first-order valence-electron chi connectivity index (χ1n) is 1.80. The van der Waals surface area contributed by atoms with Crippen LogP contribution in [0.25, 0.3) is 0 Å². The molecule has 7 heavy (non-hydrogen) atoms. The number of nitrogens with one attached hydrogen (secondary N) is 1. The van der Waals surface area contributed by atoms with E-state index in [0.29, 0.717) is 13.2 Å². The van der Waals surface area contributed by atoms with Crippen LogP contribution in [0.5, 0.6) is 0 Å². The smallest absolute Gasteiger partial charge is 1.00 e. The van der Waals surface area contributed by atoms with E-state index in [2.05, 4.69) is 10.1 Å². The van der Waals surface area contributed by atoms with Crippen molar-refractivity contribution in [3.63, 3.8) is 0 Å². The van der Waals surface area contributed by atoms with Crippen molar-refractivity contribution < 1.29 is 29.8 Å². The number of ether oxygens (including phenoxy) is 1. The van der Waals surface area contributed by atoms with Crippen LogP contribution in [0.2, 0.25) is 0 Å². The molecule has 0 aromatic rings. The number of amides is 1. The van der Waals surface area contributed by atoms with Crippen molar-refractivity contribution in [3.8, 4) is 0 Å². The van der Waals surface area contributed by atoms with Crippen molar-refractivity contribution in [2.24, 2.45) is 0 Å². The van der Waals surface area contributed by atoms with Crippen LogP contribution in [0.4, 0.5) is 4.79 Å². The van der Waals surface area contributed by atoms with Crippen LogP contribution >= 0.6 is 0 Å². The maximum atomic E-state index is 9.91. The standard InChI is InChI=1S/C3H5NO2.Li.H/c5-3-4-1-2-6-3;;/h1-2H2,(H,4,5);;/q;+1;-1. The summed E-state index contributed by atoms with van der Waals surface area (Å²) in [5, 5.41) is 2.46. The molecule has 0 aromatic heterocycles. The first-order chi connectivity index (χ1) is 2.89. The Hall–Kier alpha value is -0.133. The molecular weight excluding hydrogens is 89.0 g/mol. The van der Waals surface area contributed by atoms with Crippen LogP contribution in [-0.4, -0.2) is 19.2 Å². The molecule has 1 heterocycles. The van der Waals surface area contributed by atoms with Crippen molar-refractivity contribution in [1.82, 2.24) is 5.32 Å². The molecule has 1 saturated heterocycles. The summed E-state index contributed by atoms with van der Waals surface area (Å²) in [7, 11) is 0. The van der Waals surface area contributed by atoms with Crippen LogP contribution in [-0.2, 0) is 4.74 Å². The van der Waals surface area contributed by atoms with E-state index in [9.17, 15) is 4.79 Å². The largest absolute Gasteiger partial charge is 1.00 e. The van der Waals surface area contributed by atoms with Gasteiger partial charge < -0.3 is 11.5 Å². The minimum atomic E-state index is -0.296. The van der Waals surface area contributed by atoms with Crippen molar-refractivity contribution in [2.45, 2.75) is 0 Å². The molecule has 36 valence electrons. The summed E-state index contributed by atoms with van der Waals surface area (Å²) in [6.45, 7) is 1.19. The summed E-state index contributed by atoms with van der Waals surface area (Å²) < 4.78 is 4.40. The number of hydrogen-bond donors (Lipinski definition) is 1. The normalized spacial score (nSPS) is 16.9. The fourth-order valence-electron chi connectivity index (χ4n) is 0.348. The summed E-state index contributed by atoms with van der Waals surface area (Å²) in [6.07, 6.45) is -0.296. The van der Waals surface area contributed by atoms with E-state index < -0.39 is 0 Å². The Morgan fingerprint density at radius 1 is 1.86 bits per heavy atom. The quantitative estimate of drug-likeness (QED) is 0.322. The molecule has 0 bridgehead atoms. The molecule has 0 aromatic carbocycles. The monoisotopic (exact) mass is 95.1 g/mol. The van der Waals surface area contributed by atoms with Gasteiger partial charge in [0.25, 0.3) is 0 Å². The first kappa shape index (κ1) is 6.87. The predicted octanol–water partition coefficient (Wildman–Crippen LogP) is -3.16. The fourth-order valence-corrected chi connectivity index (χ4v) is 0.348. The Balaban J connectivity index is 0. The Kier molecular flexibility index (Phi) is 2.89. The second kappa shape index (κ2) is 2.95. The molecule has 1 aliphatic rings. The van der Waals surface area contributed by atoms with Crippen molar-refractivity contribution in [3.05, 3.63) is 0 Å². The van der Waals surface area contributed by atoms with Crippen LogP contribution in [0, 0.1) is 0 Å². The SMILES string of the molecule is O=C1NCCO1.[H-].[Li+]. The molecule has 1 fully saturated rings. The number of carbonyl (C=O) groups excluding carboxylic acids is 1. The Labute approximate surface area is 55.1 Å². The summed E-state index contributed by atoms with van der Waals surface area (Å²) >= 11 is 0. The number of cyclic esters (lactones) is 1.